The standard InChI is InChI=1S/C16H22/c1-7-8-14(4)10-12-16(6)15(5)11-9-13(2)3/h9-12H,2,4-8H2,1,3H3/b11-9-,12-10-. The van der Waals surface area contributed by atoms with Gasteiger partial charge in [-0.3, -0.25) is 0 Å². The van der Waals surface area contributed by atoms with E-state index in [1.54, 1.807) is 0 Å². The Kier molecular flexibility index (Phi) is 6.95. The predicted molar refractivity (Wildman–Crippen MR) is 75.4 cm³/mol. The molecular formula is C16H22. The van der Waals surface area contributed by atoms with Crippen molar-refractivity contribution in [3.8, 4) is 0 Å². The molecular weight excluding hydrogens is 192 g/mol. The summed E-state index contributed by atoms with van der Waals surface area (Å²) in [5, 5.41) is 0. The van der Waals surface area contributed by atoms with Crippen molar-refractivity contribution in [3.63, 3.8) is 0 Å². The van der Waals surface area contributed by atoms with Crippen LogP contribution in [0.15, 0.2) is 72.9 Å². The molecule has 0 aliphatic rings. The molecule has 0 aromatic carbocycles. The molecule has 0 aromatic heterocycles. The molecule has 0 N–H and O–H groups in total. The van der Waals surface area contributed by atoms with Gasteiger partial charge in [-0.2, -0.15) is 0 Å². The fourth-order valence-electron chi connectivity index (χ4n) is 1.08. The van der Waals surface area contributed by atoms with Crippen LogP contribution in [0.1, 0.15) is 26.7 Å². The summed E-state index contributed by atoms with van der Waals surface area (Å²) in [4.78, 5) is 0. The second-order valence-electron chi connectivity index (χ2n) is 3.97. The molecule has 0 radical (unpaired) electrons. The van der Waals surface area contributed by atoms with Gasteiger partial charge in [-0.25, -0.2) is 0 Å². The van der Waals surface area contributed by atoms with E-state index < -0.39 is 0 Å². The van der Waals surface area contributed by atoms with E-state index in [1.807, 2.05) is 31.2 Å². The van der Waals surface area contributed by atoms with E-state index in [4.69, 9.17) is 0 Å². The molecule has 0 saturated carbocycles. The minimum absolute atomic E-state index is 0.906. The van der Waals surface area contributed by atoms with Gasteiger partial charge in [-0.05, 0) is 24.5 Å². The van der Waals surface area contributed by atoms with Crippen LogP contribution in [0.2, 0.25) is 0 Å². The highest BCUT2D eigenvalue weighted by molar-refractivity contribution is 5.45. The van der Waals surface area contributed by atoms with Gasteiger partial charge in [0.1, 0.15) is 0 Å². The first-order valence-corrected chi connectivity index (χ1v) is 5.55. The highest BCUT2D eigenvalue weighted by atomic mass is 14.0. The summed E-state index contributed by atoms with van der Waals surface area (Å²) in [6.45, 7) is 19.7. The molecule has 16 heavy (non-hydrogen) atoms. The average Bonchev–Trinajstić information content (AvgIpc) is 2.22. The van der Waals surface area contributed by atoms with Gasteiger partial charge in [0, 0.05) is 0 Å². The molecule has 0 spiro atoms. The summed E-state index contributed by atoms with van der Waals surface area (Å²) in [5.74, 6) is 0. The Labute approximate surface area is 100 Å². The lowest BCUT2D eigenvalue weighted by Gasteiger charge is -2.00. The van der Waals surface area contributed by atoms with Gasteiger partial charge in [-0.15, -0.1) is 0 Å². The van der Waals surface area contributed by atoms with Crippen LogP contribution in [0, 0.1) is 0 Å². The third-order valence-electron chi connectivity index (χ3n) is 2.07. The maximum absolute atomic E-state index is 3.96. The molecule has 0 saturated heterocycles. The van der Waals surface area contributed by atoms with E-state index in [0.29, 0.717) is 0 Å². The van der Waals surface area contributed by atoms with Crippen molar-refractivity contribution in [1.29, 1.82) is 0 Å². The molecule has 0 aliphatic carbocycles. The van der Waals surface area contributed by atoms with E-state index in [-0.39, 0.29) is 0 Å². The lowest BCUT2D eigenvalue weighted by atomic mass is 10.1. The first-order chi connectivity index (χ1) is 7.47. The van der Waals surface area contributed by atoms with Crippen LogP contribution in [-0.4, -0.2) is 0 Å². The quantitative estimate of drug-likeness (QED) is 0.514. The molecule has 0 nitrogen and oxygen atoms in total. The van der Waals surface area contributed by atoms with Gasteiger partial charge in [-0.1, -0.05) is 75.1 Å². The van der Waals surface area contributed by atoms with Crippen LogP contribution >= 0.6 is 0 Å². The predicted octanol–water partition coefficient (Wildman–Crippen LogP) is 5.14. The first-order valence-electron chi connectivity index (χ1n) is 5.55. The van der Waals surface area contributed by atoms with Gasteiger partial charge < -0.3 is 0 Å². The van der Waals surface area contributed by atoms with E-state index >= 15 is 0 Å². The van der Waals surface area contributed by atoms with Crippen molar-refractivity contribution in [3.05, 3.63) is 72.9 Å². The Bertz CT molecular complexity index is 348. The van der Waals surface area contributed by atoms with Crippen molar-refractivity contribution in [1.82, 2.24) is 0 Å². The highest BCUT2D eigenvalue weighted by Crippen LogP contribution is 2.12. The summed E-state index contributed by atoms with van der Waals surface area (Å²) in [7, 11) is 0. The summed E-state index contributed by atoms with van der Waals surface area (Å²) >= 11 is 0. The largest absolute Gasteiger partial charge is 0.0961 e. The minimum Gasteiger partial charge on any atom is -0.0961 e. The highest BCUT2D eigenvalue weighted by Gasteiger charge is 1.92. The van der Waals surface area contributed by atoms with E-state index in [9.17, 15) is 0 Å². The lowest BCUT2D eigenvalue weighted by molar-refractivity contribution is 0.930. The summed E-state index contributed by atoms with van der Waals surface area (Å²) in [6, 6.07) is 0. The zero-order valence-corrected chi connectivity index (χ0v) is 10.6. The third-order valence-corrected chi connectivity index (χ3v) is 2.07. The summed E-state index contributed by atoms with van der Waals surface area (Å²) in [5.41, 5.74) is 3.95. The Hall–Kier alpha value is -1.56. The molecule has 0 atom stereocenters. The fourth-order valence-corrected chi connectivity index (χ4v) is 1.08. The molecule has 86 valence electrons. The zero-order chi connectivity index (χ0) is 12.6. The molecule has 0 unspecified atom stereocenters. The van der Waals surface area contributed by atoms with Crippen LogP contribution in [0.25, 0.3) is 0 Å². The monoisotopic (exact) mass is 214 g/mol. The molecule has 0 aliphatic heterocycles. The molecule has 0 heterocycles. The Balaban J connectivity index is 4.31. The van der Waals surface area contributed by atoms with Gasteiger partial charge in [0.25, 0.3) is 0 Å². The molecule has 0 rings (SSSR count). The van der Waals surface area contributed by atoms with Crippen LogP contribution < -0.4 is 0 Å². The first kappa shape index (κ1) is 14.4. The van der Waals surface area contributed by atoms with Crippen LogP contribution in [-0.2, 0) is 0 Å². The summed E-state index contributed by atoms with van der Waals surface area (Å²) in [6.07, 6.45) is 9.97. The van der Waals surface area contributed by atoms with Gasteiger partial charge in [0.2, 0.25) is 0 Å². The van der Waals surface area contributed by atoms with Crippen LogP contribution in [0.3, 0.4) is 0 Å². The van der Waals surface area contributed by atoms with Crippen molar-refractivity contribution >= 4 is 0 Å². The number of hydrogen-bond acceptors (Lipinski definition) is 0. The van der Waals surface area contributed by atoms with Crippen LogP contribution in [0.4, 0.5) is 0 Å². The lowest BCUT2D eigenvalue weighted by Crippen LogP contribution is -1.80. The Morgan fingerprint density at radius 3 is 1.81 bits per heavy atom. The molecule has 0 aromatic rings. The second-order valence-corrected chi connectivity index (χ2v) is 3.97. The van der Waals surface area contributed by atoms with Gasteiger partial charge >= 0.3 is 0 Å². The normalized spacial score (nSPS) is 10.9. The topological polar surface area (TPSA) is 0 Å². The molecule has 0 heteroatoms. The van der Waals surface area contributed by atoms with Gasteiger partial charge in [0.15, 0.2) is 0 Å². The van der Waals surface area contributed by atoms with E-state index in [0.717, 1.165) is 35.1 Å². The Morgan fingerprint density at radius 1 is 0.875 bits per heavy atom. The molecule has 0 amide bonds. The SMILES string of the molecule is C=C(C)/C=C\C(=C)C(=C)/C=C\C(=C)CCC. The average molecular weight is 214 g/mol. The number of rotatable bonds is 7. The van der Waals surface area contributed by atoms with Crippen molar-refractivity contribution < 1.29 is 0 Å². The van der Waals surface area contributed by atoms with Crippen molar-refractivity contribution in [2.75, 3.05) is 0 Å². The summed E-state index contributed by atoms with van der Waals surface area (Å²) < 4.78 is 0. The Morgan fingerprint density at radius 2 is 1.38 bits per heavy atom. The van der Waals surface area contributed by atoms with Crippen molar-refractivity contribution in [2.24, 2.45) is 0 Å². The fraction of sp³-hybridized carbons (Fsp3) is 0.250. The van der Waals surface area contributed by atoms with E-state index in [2.05, 4.69) is 33.2 Å². The van der Waals surface area contributed by atoms with Gasteiger partial charge in [0.05, 0.1) is 0 Å². The minimum atomic E-state index is 0.906. The third kappa shape index (κ3) is 6.83. The number of allylic oxidation sites excluding steroid dienone is 8. The van der Waals surface area contributed by atoms with Crippen molar-refractivity contribution in [2.45, 2.75) is 26.7 Å². The molecule has 0 fully saturated rings. The number of hydrogen-bond donors (Lipinski definition) is 0. The zero-order valence-electron chi connectivity index (χ0n) is 10.6. The maximum atomic E-state index is 3.96. The second kappa shape index (κ2) is 7.70. The molecule has 0 bridgehead atoms. The van der Waals surface area contributed by atoms with Crippen LogP contribution in [0.5, 0.6) is 0 Å². The van der Waals surface area contributed by atoms with E-state index in [1.165, 1.54) is 0 Å². The smallest absolute Gasteiger partial charge is 0.0262 e. The maximum Gasteiger partial charge on any atom is -0.0262 e.